The third-order valence-electron chi connectivity index (χ3n) is 8.55. The molecule has 0 spiro atoms. The van der Waals surface area contributed by atoms with E-state index in [9.17, 15) is 14.4 Å². The summed E-state index contributed by atoms with van der Waals surface area (Å²) in [6.07, 6.45) is 6.78. The van der Waals surface area contributed by atoms with Crippen molar-refractivity contribution >= 4 is 29.3 Å². The molecule has 11 nitrogen and oxygen atoms in total. The first-order chi connectivity index (χ1) is 21.1. The molecule has 3 aromatic rings. The van der Waals surface area contributed by atoms with Gasteiger partial charge in [-0.1, -0.05) is 47.9 Å². The average molecular weight is 620 g/mol. The molecular formula is C32H38ClN7O4. The monoisotopic (exact) mass is 619 g/mol. The van der Waals surface area contributed by atoms with Crippen LogP contribution >= 0.6 is 11.6 Å². The molecule has 232 valence electrons. The molecule has 0 unspecified atom stereocenters. The lowest BCUT2D eigenvalue weighted by atomic mass is 10.0. The Morgan fingerprint density at radius 3 is 2.41 bits per heavy atom. The lowest BCUT2D eigenvalue weighted by molar-refractivity contribution is -0.142. The molecule has 0 bridgehead atoms. The minimum atomic E-state index is -1.07. The number of ether oxygens (including phenoxy) is 1. The molecule has 12 heteroatoms. The van der Waals surface area contributed by atoms with Gasteiger partial charge in [-0.2, -0.15) is 0 Å². The van der Waals surface area contributed by atoms with Gasteiger partial charge in [-0.05, 0) is 57.5 Å². The van der Waals surface area contributed by atoms with Crippen LogP contribution in [-0.2, 0) is 16.0 Å². The highest BCUT2D eigenvalue weighted by molar-refractivity contribution is 6.33. The molecular weight excluding hydrogens is 582 g/mol. The Balaban J connectivity index is 1.27. The van der Waals surface area contributed by atoms with Gasteiger partial charge < -0.3 is 25.2 Å². The van der Waals surface area contributed by atoms with Crippen LogP contribution < -0.4 is 11.4 Å². The molecule has 0 saturated carbocycles. The van der Waals surface area contributed by atoms with Crippen LogP contribution in [0.4, 0.5) is 10.5 Å². The fraction of sp³-hybridized carbons (Fsp3) is 0.438. The van der Waals surface area contributed by atoms with Crippen molar-refractivity contribution in [1.82, 2.24) is 29.5 Å². The number of nitrogen functional groups attached to an aromatic ring is 1. The number of nitrogens with zero attached hydrogens (tertiary/aromatic N) is 5. The van der Waals surface area contributed by atoms with Crippen LogP contribution in [0.25, 0.3) is 11.4 Å². The van der Waals surface area contributed by atoms with Crippen LogP contribution in [-0.4, -0.2) is 93.9 Å². The topological polar surface area (TPSA) is 130 Å². The average Bonchev–Trinajstić information content (AvgIpc) is 3.43. The minimum absolute atomic E-state index is 0.105. The van der Waals surface area contributed by atoms with Gasteiger partial charge in [-0.3, -0.25) is 9.78 Å². The molecule has 0 radical (unpaired) electrons. The van der Waals surface area contributed by atoms with Crippen molar-refractivity contribution < 1.29 is 14.3 Å². The smallest absolute Gasteiger partial charge is 0.410 e. The molecule has 1 atom stereocenters. The van der Waals surface area contributed by atoms with E-state index in [-0.39, 0.29) is 29.1 Å². The predicted octanol–water partition coefficient (Wildman–Crippen LogP) is 3.39. The molecule has 2 amide bonds. The number of piperidine rings is 2. The third kappa shape index (κ3) is 6.93. The Bertz CT molecular complexity index is 1580. The number of anilines is 1. The number of carbonyl (C=O) groups is 2. The van der Waals surface area contributed by atoms with Crippen LogP contribution in [0.1, 0.15) is 42.9 Å². The molecule has 5 rings (SSSR count). The number of carbonyl (C=O) groups excluding carboxylic acids is 2. The van der Waals surface area contributed by atoms with Crippen LogP contribution in [0.2, 0.25) is 5.02 Å². The zero-order chi connectivity index (χ0) is 31.4. The van der Waals surface area contributed by atoms with Gasteiger partial charge in [0.2, 0.25) is 0 Å². The van der Waals surface area contributed by atoms with Crippen LogP contribution in [0.5, 0.6) is 0 Å². The second kappa shape index (κ2) is 13.6. The normalized spacial score (nSPS) is 17.0. The fourth-order valence-electron chi connectivity index (χ4n) is 5.91. The number of aromatic amines is 1. The Labute approximate surface area is 261 Å². The number of nitrogens with one attached hydrogen (secondary N) is 1. The molecule has 3 N–H and O–H groups in total. The number of benzene rings is 2. The number of aromatic nitrogens is 3. The number of hydrogen-bond acceptors (Lipinski definition) is 7. The van der Waals surface area contributed by atoms with Gasteiger partial charge in [0.05, 0.1) is 16.8 Å². The van der Waals surface area contributed by atoms with Crippen molar-refractivity contribution in [3.8, 4) is 23.7 Å². The number of halogens is 1. The summed E-state index contributed by atoms with van der Waals surface area (Å²) in [5.74, 6) is 2.78. The number of rotatable bonds is 7. The lowest BCUT2D eigenvalue weighted by Crippen LogP contribution is -2.50. The number of likely N-dealkylation sites (tertiary alicyclic amines) is 2. The molecule has 44 heavy (non-hydrogen) atoms. The second-order valence-corrected chi connectivity index (χ2v) is 12.0. The van der Waals surface area contributed by atoms with E-state index in [1.165, 1.54) is 4.68 Å². The second-order valence-electron chi connectivity index (χ2n) is 11.6. The van der Waals surface area contributed by atoms with Crippen molar-refractivity contribution in [2.24, 2.45) is 0 Å². The molecule has 2 aliphatic rings. The Morgan fingerprint density at radius 1 is 1.11 bits per heavy atom. The van der Waals surface area contributed by atoms with Crippen molar-refractivity contribution in [3.05, 3.63) is 69.1 Å². The maximum Gasteiger partial charge on any atom is 0.410 e. The number of H-pyrrole nitrogens is 1. The highest BCUT2D eigenvalue weighted by Gasteiger charge is 2.34. The maximum absolute atomic E-state index is 13.8. The fourth-order valence-corrected chi connectivity index (χ4v) is 6.15. The number of terminal acetylenes is 1. The van der Waals surface area contributed by atoms with Gasteiger partial charge in [0, 0.05) is 49.8 Å². The van der Waals surface area contributed by atoms with Gasteiger partial charge >= 0.3 is 11.8 Å². The molecule has 0 aliphatic carbocycles. The first-order valence-electron chi connectivity index (χ1n) is 14.8. The molecule has 3 heterocycles. The summed E-state index contributed by atoms with van der Waals surface area (Å²) in [6.45, 7) is 1.85. The van der Waals surface area contributed by atoms with Gasteiger partial charge in [-0.15, -0.1) is 11.5 Å². The molecule has 2 aliphatic heterocycles. The van der Waals surface area contributed by atoms with Gasteiger partial charge in [0.1, 0.15) is 0 Å². The van der Waals surface area contributed by atoms with Gasteiger partial charge in [0.15, 0.2) is 11.9 Å². The first kappa shape index (κ1) is 31.2. The first-order valence-corrected chi connectivity index (χ1v) is 15.2. The Morgan fingerprint density at radius 2 is 1.77 bits per heavy atom. The van der Waals surface area contributed by atoms with E-state index < -0.39 is 12.2 Å². The van der Waals surface area contributed by atoms with Crippen molar-refractivity contribution in [2.45, 2.75) is 50.3 Å². The molecule has 2 aromatic carbocycles. The maximum atomic E-state index is 13.8. The van der Waals surface area contributed by atoms with Gasteiger partial charge in [0.25, 0.3) is 5.91 Å². The summed E-state index contributed by atoms with van der Waals surface area (Å²) >= 11 is 6.33. The lowest BCUT2D eigenvalue weighted by Gasteiger charge is -2.37. The van der Waals surface area contributed by atoms with Crippen molar-refractivity contribution in [2.75, 3.05) is 46.0 Å². The summed E-state index contributed by atoms with van der Waals surface area (Å²) in [7, 11) is 4.07. The van der Waals surface area contributed by atoms with E-state index in [0.717, 1.165) is 18.4 Å². The third-order valence-corrected chi connectivity index (χ3v) is 8.86. The summed E-state index contributed by atoms with van der Waals surface area (Å²) in [6, 6.07) is 13.0. The number of nitrogens with two attached hydrogens (primary N) is 1. The SMILES string of the molecule is C#Cc1cc(C[C@@H](OC(=O)N2CCC(n3nc(-c4ccccc4)[nH]c3=O)CC2)C(=O)N2CCC(N(C)C)CC2)cc(Cl)c1N. The van der Waals surface area contributed by atoms with E-state index in [0.29, 0.717) is 67.7 Å². The van der Waals surface area contributed by atoms with Gasteiger partial charge in [-0.25, -0.2) is 14.3 Å². The standard InChI is InChI=1S/C32H38ClN7O4/c1-4-22-18-21(19-26(33)28(22)34)20-27(30(41)38-14-10-24(11-15-38)37(2)3)44-32(43)39-16-12-25(13-17-39)40-31(42)35-29(36-40)23-8-6-5-7-9-23/h1,5-9,18-19,24-25,27H,10-17,20,34H2,2-3H3,(H,35,36,42)/t27-/m1/s1. The van der Waals surface area contributed by atoms with E-state index in [1.807, 2.05) is 44.4 Å². The quantitative estimate of drug-likeness (QED) is 0.306. The Kier molecular flexibility index (Phi) is 9.61. The summed E-state index contributed by atoms with van der Waals surface area (Å²) in [5.41, 5.74) is 7.90. The highest BCUT2D eigenvalue weighted by Crippen LogP contribution is 2.27. The zero-order valence-corrected chi connectivity index (χ0v) is 25.8. The summed E-state index contributed by atoms with van der Waals surface area (Å²) < 4.78 is 7.38. The van der Waals surface area contributed by atoms with Crippen LogP contribution in [0.15, 0.2) is 47.3 Å². The molecule has 2 fully saturated rings. The van der Waals surface area contributed by atoms with E-state index >= 15 is 0 Å². The van der Waals surface area contributed by atoms with Crippen molar-refractivity contribution in [1.29, 1.82) is 0 Å². The highest BCUT2D eigenvalue weighted by atomic mass is 35.5. The molecule has 2 saturated heterocycles. The number of amides is 2. The summed E-state index contributed by atoms with van der Waals surface area (Å²) in [4.78, 5) is 48.2. The zero-order valence-electron chi connectivity index (χ0n) is 25.0. The van der Waals surface area contributed by atoms with E-state index in [1.54, 1.807) is 21.9 Å². The van der Waals surface area contributed by atoms with Crippen LogP contribution in [0, 0.1) is 12.3 Å². The number of hydrogen-bond donors (Lipinski definition) is 2. The largest absolute Gasteiger partial charge is 0.436 e. The Hall–Kier alpha value is -4.27. The van der Waals surface area contributed by atoms with Crippen molar-refractivity contribution in [3.63, 3.8) is 0 Å². The van der Waals surface area contributed by atoms with E-state index in [4.69, 9.17) is 28.5 Å². The van der Waals surface area contributed by atoms with E-state index in [2.05, 4.69) is 20.9 Å². The van der Waals surface area contributed by atoms with Crippen LogP contribution in [0.3, 0.4) is 0 Å². The summed E-state index contributed by atoms with van der Waals surface area (Å²) in [5, 5.41) is 4.80. The predicted molar refractivity (Wildman–Crippen MR) is 169 cm³/mol. The molecule has 1 aromatic heterocycles. The minimum Gasteiger partial charge on any atom is -0.436 e.